The molecule has 23 heavy (non-hydrogen) atoms. The number of ether oxygens (including phenoxy) is 1. The molecule has 0 aromatic heterocycles. The number of rotatable bonds is 5. The normalized spacial score (nSPS) is 21.6. The Labute approximate surface area is 134 Å². The monoisotopic (exact) mass is 321 g/mol. The maximum absolute atomic E-state index is 13.7. The van der Waals surface area contributed by atoms with Gasteiger partial charge in [-0.15, -0.1) is 0 Å². The van der Waals surface area contributed by atoms with Crippen LogP contribution in [0.5, 0.6) is 0 Å². The topological polar surface area (TPSA) is 63.2 Å². The molecule has 0 aliphatic carbocycles. The summed E-state index contributed by atoms with van der Waals surface area (Å²) in [5.74, 6) is -0.573. The van der Waals surface area contributed by atoms with Crippen molar-refractivity contribution in [3.8, 4) is 0 Å². The lowest BCUT2D eigenvalue weighted by molar-refractivity contribution is -0.131. The molecule has 1 aromatic rings. The number of morpholine rings is 1. The van der Waals surface area contributed by atoms with E-state index in [2.05, 4.69) is 15.4 Å². The van der Waals surface area contributed by atoms with Gasteiger partial charge in [0, 0.05) is 38.2 Å². The van der Waals surface area contributed by atoms with E-state index in [0.29, 0.717) is 17.8 Å². The molecule has 0 spiro atoms. The molecule has 2 aliphatic heterocycles. The van der Waals surface area contributed by atoms with E-state index in [9.17, 15) is 9.18 Å². The predicted molar refractivity (Wildman–Crippen MR) is 82.7 cm³/mol. The highest BCUT2D eigenvalue weighted by molar-refractivity contribution is 6.04. The number of oxime groups is 1. The Balaban J connectivity index is 1.44. The highest BCUT2D eigenvalue weighted by atomic mass is 19.1. The zero-order valence-corrected chi connectivity index (χ0v) is 12.8. The van der Waals surface area contributed by atoms with Crippen molar-refractivity contribution in [1.82, 2.24) is 10.2 Å². The van der Waals surface area contributed by atoms with E-state index in [-0.39, 0.29) is 18.1 Å². The Kier molecular flexibility index (Phi) is 5.19. The minimum Gasteiger partial charge on any atom is -0.382 e. The second kappa shape index (κ2) is 7.52. The summed E-state index contributed by atoms with van der Waals surface area (Å²) in [6.45, 7) is 4.57. The average molecular weight is 321 g/mol. The number of carbonyl (C=O) groups is 1. The van der Waals surface area contributed by atoms with Crippen LogP contribution in [-0.4, -0.2) is 62.0 Å². The molecule has 0 radical (unpaired) electrons. The van der Waals surface area contributed by atoms with Gasteiger partial charge in [0.25, 0.3) is 5.91 Å². The largest absolute Gasteiger partial charge is 0.382 e. The fourth-order valence-corrected chi connectivity index (χ4v) is 2.65. The number of hydrogen-bond donors (Lipinski definition) is 1. The third kappa shape index (κ3) is 4.05. The molecule has 1 amide bonds. The SMILES string of the molecule is O=C(NCCN1CCOCC1)[C@H]1CC(c2ccccc2F)=NO1. The predicted octanol–water partition coefficient (Wildman–Crippen LogP) is 0.767. The van der Waals surface area contributed by atoms with Gasteiger partial charge in [-0.25, -0.2) is 4.39 Å². The minimum atomic E-state index is -0.686. The van der Waals surface area contributed by atoms with Gasteiger partial charge >= 0.3 is 0 Å². The Bertz CT molecular complexity index is 588. The summed E-state index contributed by atoms with van der Waals surface area (Å²) in [7, 11) is 0. The van der Waals surface area contributed by atoms with Crippen LogP contribution in [0.4, 0.5) is 4.39 Å². The molecule has 1 aromatic carbocycles. The van der Waals surface area contributed by atoms with Crippen LogP contribution in [0.1, 0.15) is 12.0 Å². The van der Waals surface area contributed by atoms with Crippen LogP contribution < -0.4 is 5.32 Å². The first kappa shape index (κ1) is 15.9. The highest BCUT2D eigenvalue weighted by Crippen LogP contribution is 2.18. The second-order valence-electron chi connectivity index (χ2n) is 5.56. The number of nitrogens with zero attached hydrogens (tertiary/aromatic N) is 2. The van der Waals surface area contributed by atoms with Crippen molar-refractivity contribution >= 4 is 11.6 Å². The molecule has 6 nitrogen and oxygen atoms in total. The summed E-state index contributed by atoms with van der Waals surface area (Å²) in [6, 6.07) is 6.35. The Hall–Kier alpha value is -1.99. The van der Waals surface area contributed by atoms with E-state index in [1.807, 2.05) is 0 Å². The van der Waals surface area contributed by atoms with Crippen molar-refractivity contribution in [3.63, 3.8) is 0 Å². The fourth-order valence-electron chi connectivity index (χ4n) is 2.65. The van der Waals surface area contributed by atoms with Crippen LogP contribution in [0.3, 0.4) is 0 Å². The number of halogens is 1. The first-order valence-electron chi connectivity index (χ1n) is 7.79. The summed E-state index contributed by atoms with van der Waals surface area (Å²) >= 11 is 0. The van der Waals surface area contributed by atoms with E-state index in [1.165, 1.54) is 6.07 Å². The van der Waals surface area contributed by atoms with Crippen LogP contribution >= 0.6 is 0 Å². The maximum atomic E-state index is 13.7. The van der Waals surface area contributed by atoms with Crippen LogP contribution in [0.2, 0.25) is 0 Å². The Morgan fingerprint density at radius 3 is 2.91 bits per heavy atom. The number of hydrogen-bond acceptors (Lipinski definition) is 5. The Morgan fingerprint density at radius 1 is 1.35 bits per heavy atom. The van der Waals surface area contributed by atoms with E-state index in [1.54, 1.807) is 18.2 Å². The van der Waals surface area contributed by atoms with E-state index >= 15 is 0 Å². The lowest BCUT2D eigenvalue weighted by atomic mass is 10.0. The summed E-state index contributed by atoms with van der Waals surface area (Å²) in [6.07, 6.45) is -0.404. The highest BCUT2D eigenvalue weighted by Gasteiger charge is 2.29. The minimum absolute atomic E-state index is 0.214. The van der Waals surface area contributed by atoms with E-state index in [0.717, 1.165) is 32.8 Å². The van der Waals surface area contributed by atoms with Crippen molar-refractivity contribution < 1.29 is 18.8 Å². The Morgan fingerprint density at radius 2 is 2.13 bits per heavy atom. The van der Waals surface area contributed by atoms with Crippen molar-refractivity contribution in [3.05, 3.63) is 35.6 Å². The summed E-state index contributed by atoms with van der Waals surface area (Å²) in [4.78, 5) is 19.5. The second-order valence-corrected chi connectivity index (χ2v) is 5.56. The van der Waals surface area contributed by atoms with Crippen LogP contribution in [0.15, 0.2) is 29.4 Å². The third-order valence-electron chi connectivity index (χ3n) is 3.98. The fraction of sp³-hybridized carbons (Fsp3) is 0.500. The number of carbonyl (C=O) groups excluding carboxylic acids is 1. The molecule has 2 heterocycles. The van der Waals surface area contributed by atoms with Gasteiger partial charge in [0.1, 0.15) is 5.82 Å². The summed E-state index contributed by atoms with van der Waals surface area (Å²) in [5.41, 5.74) is 0.854. The lowest BCUT2D eigenvalue weighted by Gasteiger charge is -2.26. The molecule has 1 saturated heterocycles. The summed E-state index contributed by atoms with van der Waals surface area (Å²) < 4.78 is 19.0. The van der Waals surface area contributed by atoms with Crippen LogP contribution in [-0.2, 0) is 14.4 Å². The van der Waals surface area contributed by atoms with Crippen LogP contribution in [0, 0.1) is 5.82 Å². The van der Waals surface area contributed by atoms with Gasteiger partial charge in [-0.05, 0) is 6.07 Å². The average Bonchev–Trinajstić information content (AvgIpc) is 3.06. The molecule has 7 heteroatoms. The van der Waals surface area contributed by atoms with Gasteiger partial charge in [0.15, 0.2) is 0 Å². The van der Waals surface area contributed by atoms with Gasteiger partial charge in [-0.3, -0.25) is 9.69 Å². The number of amides is 1. The molecular weight excluding hydrogens is 301 g/mol. The molecule has 124 valence electrons. The zero-order chi connectivity index (χ0) is 16.1. The molecule has 0 unspecified atom stereocenters. The molecule has 0 saturated carbocycles. The first-order chi connectivity index (χ1) is 11.2. The molecule has 2 aliphatic rings. The molecular formula is C16H20FN3O3. The van der Waals surface area contributed by atoms with Crippen LogP contribution in [0.25, 0.3) is 0 Å². The molecule has 3 rings (SSSR count). The quantitative estimate of drug-likeness (QED) is 0.870. The standard InChI is InChI=1S/C16H20FN3O3/c17-13-4-2-1-3-12(13)14-11-15(23-19-14)16(21)18-5-6-20-7-9-22-10-8-20/h1-4,15H,5-11H2,(H,18,21)/t15-/m1/s1. The van der Waals surface area contributed by atoms with Gasteiger partial charge in [-0.1, -0.05) is 23.4 Å². The molecule has 0 bridgehead atoms. The molecule has 1 atom stereocenters. The first-order valence-corrected chi connectivity index (χ1v) is 7.79. The van der Waals surface area contributed by atoms with Crippen molar-refractivity contribution in [1.29, 1.82) is 0 Å². The summed E-state index contributed by atoms with van der Waals surface area (Å²) in [5, 5.41) is 6.70. The maximum Gasteiger partial charge on any atom is 0.264 e. The van der Waals surface area contributed by atoms with Crippen molar-refractivity contribution in [2.75, 3.05) is 39.4 Å². The third-order valence-corrected chi connectivity index (χ3v) is 3.98. The van der Waals surface area contributed by atoms with Crippen molar-refractivity contribution in [2.45, 2.75) is 12.5 Å². The van der Waals surface area contributed by atoms with Crippen molar-refractivity contribution in [2.24, 2.45) is 5.16 Å². The van der Waals surface area contributed by atoms with E-state index < -0.39 is 6.10 Å². The number of benzene rings is 1. The molecule has 1 N–H and O–H groups in total. The van der Waals surface area contributed by atoms with Gasteiger partial charge < -0.3 is 14.9 Å². The van der Waals surface area contributed by atoms with E-state index in [4.69, 9.17) is 9.57 Å². The van der Waals surface area contributed by atoms with Gasteiger partial charge in [0.05, 0.1) is 18.9 Å². The zero-order valence-electron chi connectivity index (χ0n) is 12.8. The number of nitrogens with one attached hydrogen (secondary N) is 1. The lowest BCUT2D eigenvalue weighted by Crippen LogP contribution is -2.43. The van der Waals surface area contributed by atoms with Gasteiger partial charge in [0.2, 0.25) is 6.10 Å². The molecule has 1 fully saturated rings. The van der Waals surface area contributed by atoms with Gasteiger partial charge in [-0.2, -0.15) is 0 Å². The smallest absolute Gasteiger partial charge is 0.264 e.